The van der Waals surface area contributed by atoms with E-state index in [9.17, 15) is 4.79 Å². The first-order valence-electron chi connectivity index (χ1n) is 9.79. The first-order valence-corrected chi connectivity index (χ1v) is 9.79. The van der Waals surface area contributed by atoms with Crippen molar-refractivity contribution in [3.05, 3.63) is 0 Å². The third kappa shape index (κ3) is 4.42. The third-order valence-corrected chi connectivity index (χ3v) is 6.21. The Labute approximate surface area is 146 Å². The second-order valence-electron chi connectivity index (χ2n) is 8.49. The van der Waals surface area contributed by atoms with E-state index in [1.165, 1.54) is 51.4 Å². The van der Waals surface area contributed by atoms with Crippen molar-refractivity contribution in [1.82, 2.24) is 15.5 Å². The van der Waals surface area contributed by atoms with Crippen molar-refractivity contribution in [3.63, 3.8) is 0 Å². The number of rotatable bonds is 4. The van der Waals surface area contributed by atoms with Crippen molar-refractivity contribution < 1.29 is 4.79 Å². The van der Waals surface area contributed by atoms with Crippen LogP contribution in [0.3, 0.4) is 0 Å². The largest absolute Gasteiger partial charge is 0.354 e. The number of nitrogens with zero attached hydrogens (tertiary/aromatic N) is 2. The summed E-state index contributed by atoms with van der Waals surface area (Å²) in [5.41, 5.74) is 0. The number of fused-ring (bicyclic) bond motifs is 2. The van der Waals surface area contributed by atoms with Gasteiger partial charge in [0.1, 0.15) is 6.54 Å². The second kappa shape index (κ2) is 7.75. The van der Waals surface area contributed by atoms with Crippen LogP contribution >= 0.6 is 0 Å². The predicted molar refractivity (Wildman–Crippen MR) is 97.9 cm³/mol. The molecule has 0 aliphatic heterocycles. The van der Waals surface area contributed by atoms with E-state index in [0.717, 1.165) is 23.7 Å². The molecule has 3 saturated carbocycles. The van der Waals surface area contributed by atoms with E-state index in [1.54, 1.807) is 19.0 Å². The minimum Gasteiger partial charge on any atom is -0.354 e. The van der Waals surface area contributed by atoms with Crippen molar-refractivity contribution in [2.75, 3.05) is 20.6 Å². The summed E-state index contributed by atoms with van der Waals surface area (Å²) in [7, 11) is 3.58. The molecule has 136 valence electrons. The van der Waals surface area contributed by atoms with Crippen molar-refractivity contribution >= 4 is 11.9 Å². The molecule has 0 spiro atoms. The van der Waals surface area contributed by atoms with Gasteiger partial charge >= 0.3 is 0 Å². The second-order valence-corrected chi connectivity index (χ2v) is 8.49. The van der Waals surface area contributed by atoms with Gasteiger partial charge in [0.25, 0.3) is 0 Å². The van der Waals surface area contributed by atoms with Gasteiger partial charge in [0, 0.05) is 26.2 Å². The van der Waals surface area contributed by atoms with Crippen LogP contribution in [0.2, 0.25) is 0 Å². The number of guanidine groups is 1. The lowest BCUT2D eigenvalue weighted by Crippen LogP contribution is -2.50. The van der Waals surface area contributed by atoms with E-state index in [0.29, 0.717) is 12.1 Å². The molecule has 1 amide bonds. The summed E-state index contributed by atoms with van der Waals surface area (Å²) in [5.74, 6) is 3.41. The lowest BCUT2D eigenvalue weighted by atomic mass is 9.87. The first kappa shape index (κ1) is 17.6. The first-order chi connectivity index (χ1) is 11.5. The van der Waals surface area contributed by atoms with Gasteiger partial charge in [0.2, 0.25) is 5.91 Å². The summed E-state index contributed by atoms with van der Waals surface area (Å²) >= 11 is 0. The Morgan fingerprint density at radius 2 is 1.92 bits per heavy atom. The minimum atomic E-state index is 0.0565. The van der Waals surface area contributed by atoms with Crippen molar-refractivity contribution in [2.24, 2.45) is 22.7 Å². The highest BCUT2D eigenvalue weighted by atomic mass is 16.2. The van der Waals surface area contributed by atoms with E-state index in [2.05, 4.69) is 22.5 Å². The van der Waals surface area contributed by atoms with E-state index in [-0.39, 0.29) is 12.5 Å². The quantitative estimate of drug-likeness (QED) is 0.613. The highest BCUT2D eigenvalue weighted by Gasteiger charge is 2.40. The third-order valence-electron chi connectivity index (χ3n) is 6.21. The van der Waals surface area contributed by atoms with Gasteiger partial charge in [-0.15, -0.1) is 0 Å². The van der Waals surface area contributed by atoms with Gasteiger partial charge in [0.15, 0.2) is 5.96 Å². The van der Waals surface area contributed by atoms with E-state index < -0.39 is 0 Å². The van der Waals surface area contributed by atoms with Crippen LogP contribution in [0.15, 0.2) is 4.99 Å². The van der Waals surface area contributed by atoms with E-state index in [4.69, 9.17) is 0 Å². The van der Waals surface area contributed by atoms with Gasteiger partial charge in [-0.25, -0.2) is 4.99 Å². The summed E-state index contributed by atoms with van der Waals surface area (Å²) in [6, 6.07) is 1.04. The molecule has 0 heterocycles. The Morgan fingerprint density at radius 3 is 2.54 bits per heavy atom. The highest BCUT2D eigenvalue weighted by molar-refractivity contribution is 5.85. The molecular weight excluding hydrogens is 300 g/mol. The summed E-state index contributed by atoms with van der Waals surface area (Å²) < 4.78 is 0. The summed E-state index contributed by atoms with van der Waals surface area (Å²) in [5, 5.41) is 7.31. The highest BCUT2D eigenvalue weighted by Crippen LogP contribution is 2.44. The zero-order chi connectivity index (χ0) is 17.1. The molecule has 0 aromatic carbocycles. The molecule has 3 aliphatic rings. The van der Waals surface area contributed by atoms with E-state index in [1.807, 2.05) is 0 Å². The lowest BCUT2D eigenvalue weighted by Gasteiger charge is -2.31. The van der Waals surface area contributed by atoms with Crippen molar-refractivity contribution in [2.45, 2.75) is 70.4 Å². The molecular formula is C19H34N4O. The Hall–Kier alpha value is -1.26. The smallest absolute Gasteiger partial charge is 0.243 e. The zero-order valence-corrected chi connectivity index (χ0v) is 15.6. The van der Waals surface area contributed by atoms with E-state index >= 15 is 0 Å². The number of aliphatic imine (C=N–C) groups is 1. The molecule has 2 N–H and O–H groups in total. The van der Waals surface area contributed by atoms with Crippen LogP contribution in [0.25, 0.3) is 0 Å². The summed E-state index contributed by atoms with van der Waals surface area (Å²) in [6.45, 7) is 2.56. The monoisotopic (exact) mass is 334 g/mol. The number of amides is 1. The number of likely N-dealkylation sites (N-methyl/N-ethyl adjacent to an activating group) is 1. The fraction of sp³-hybridized carbons (Fsp3) is 0.895. The van der Waals surface area contributed by atoms with Crippen molar-refractivity contribution in [1.29, 1.82) is 0 Å². The molecule has 3 aliphatic carbocycles. The van der Waals surface area contributed by atoms with Gasteiger partial charge in [0.05, 0.1) is 0 Å². The Bertz CT molecular complexity index is 476. The van der Waals surface area contributed by atoms with Crippen LogP contribution in [-0.4, -0.2) is 49.5 Å². The van der Waals surface area contributed by atoms with Gasteiger partial charge in [-0.2, -0.15) is 0 Å². The van der Waals surface area contributed by atoms with Gasteiger partial charge in [-0.3, -0.25) is 4.79 Å². The Balaban J connectivity index is 1.61. The number of hydrogen-bond donors (Lipinski definition) is 2. The molecule has 5 unspecified atom stereocenters. The fourth-order valence-corrected chi connectivity index (χ4v) is 4.78. The van der Waals surface area contributed by atoms with Gasteiger partial charge in [-0.05, 0) is 49.9 Å². The average molecular weight is 335 g/mol. The maximum absolute atomic E-state index is 11.9. The zero-order valence-electron chi connectivity index (χ0n) is 15.6. The van der Waals surface area contributed by atoms with Crippen LogP contribution < -0.4 is 10.6 Å². The maximum atomic E-state index is 11.9. The SMILES string of the molecule is CC1CCCC(NC(=NCC(=O)N(C)C)NC2CC3CCC2C3)C1. The molecule has 3 rings (SSSR count). The van der Waals surface area contributed by atoms with Crippen LogP contribution in [0.1, 0.15) is 58.3 Å². The fourth-order valence-electron chi connectivity index (χ4n) is 4.78. The molecule has 0 radical (unpaired) electrons. The molecule has 5 nitrogen and oxygen atoms in total. The van der Waals surface area contributed by atoms with Crippen LogP contribution in [0.5, 0.6) is 0 Å². The summed E-state index contributed by atoms with van der Waals surface area (Å²) in [4.78, 5) is 18.1. The van der Waals surface area contributed by atoms with Crippen LogP contribution in [-0.2, 0) is 4.79 Å². The molecule has 5 atom stereocenters. The molecule has 24 heavy (non-hydrogen) atoms. The maximum Gasteiger partial charge on any atom is 0.243 e. The van der Waals surface area contributed by atoms with Crippen LogP contribution in [0, 0.1) is 17.8 Å². The number of hydrogen-bond acceptors (Lipinski definition) is 2. The molecule has 3 fully saturated rings. The van der Waals surface area contributed by atoms with Crippen LogP contribution in [0.4, 0.5) is 0 Å². The topological polar surface area (TPSA) is 56.7 Å². The minimum absolute atomic E-state index is 0.0565. The Kier molecular flexibility index (Phi) is 5.67. The van der Waals surface area contributed by atoms with Crippen molar-refractivity contribution in [3.8, 4) is 0 Å². The number of carbonyl (C=O) groups is 1. The number of nitrogens with one attached hydrogen (secondary N) is 2. The molecule has 2 bridgehead atoms. The van der Waals surface area contributed by atoms with Gasteiger partial charge in [-0.1, -0.05) is 26.2 Å². The van der Waals surface area contributed by atoms with Gasteiger partial charge < -0.3 is 15.5 Å². The summed E-state index contributed by atoms with van der Waals surface area (Å²) in [6.07, 6.45) is 10.5. The molecule has 0 saturated heterocycles. The average Bonchev–Trinajstić information content (AvgIpc) is 3.15. The molecule has 0 aromatic rings. The lowest BCUT2D eigenvalue weighted by molar-refractivity contribution is -0.127. The predicted octanol–water partition coefficient (Wildman–Crippen LogP) is 2.38. The number of carbonyl (C=O) groups excluding carboxylic acids is 1. The Morgan fingerprint density at radius 1 is 1.08 bits per heavy atom. The molecule has 5 heteroatoms. The standard InChI is InChI=1S/C19H34N4O/c1-13-5-4-6-16(9-13)21-19(20-12-18(24)23(2)3)22-17-11-14-7-8-15(17)10-14/h13-17H,4-12H2,1-3H3,(H2,20,21,22). The normalized spacial score (nSPS) is 35.8. The molecule has 0 aromatic heterocycles.